The third kappa shape index (κ3) is 9.55. The normalized spacial score (nSPS) is 15.7. The summed E-state index contributed by atoms with van der Waals surface area (Å²) < 4.78 is 40.4. The van der Waals surface area contributed by atoms with Gasteiger partial charge in [-0.3, -0.25) is 0 Å². The molecule has 204 valence electrons. The van der Waals surface area contributed by atoms with Crippen LogP contribution in [0.1, 0.15) is 38.7 Å². The van der Waals surface area contributed by atoms with Crippen molar-refractivity contribution in [2.75, 3.05) is 51.1 Å². The molecule has 0 aromatic heterocycles. The molecule has 0 N–H and O–H groups in total. The average Bonchev–Trinajstić information content (AvgIpc) is 3.33. The lowest BCUT2D eigenvalue weighted by Gasteiger charge is -2.19. The van der Waals surface area contributed by atoms with Crippen LogP contribution in [0.3, 0.4) is 0 Å². The monoisotopic (exact) mass is 532 g/mol. The Kier molecular flexibility index (Phi) is 10.6. The third-order valence-corrected chi connectivity index (χ3v) is 7.37. The van der Waals surface area contributed by atoms with Crippen LogP contribution in [0.2, 0.25) is 0 Å². The fourth-order valence-electron chi connectivity index (χ4n) is 4.08. The van der Waals surface area contributed by atoms with Crippen molar-refractivity contribution in [3.05, 3.63) is 54.1 Å². The maximum atomic E-state index is 11.9. The number of anilines is 1. The Bertz CT molecular complexity index is 1090. The number of nitrogens with zero attached hydrogens (tertiary/aromatic N) is 2. The number of sulfone groups is 1. The quantitative estimate of drug-likeness (QED) is 0.350. The van der Waals surface area contributed by atoms with Gasteiger partial charge in [-0.05, 0) is 81.5 Å². The van der Waals surface area contributed by atoms with Gasteiger partial charge in [0.05, 0.1) is 23.7 Å². The number of unbranched alkanes of at least 4 members (excludes halogenated alkanes) is 1. The minimum Gasteiger partial charge on any atom is -0.494 e. The first-order valence-corrected chi connectivity index (χ1v) is 14.8. The second-order valence-corrected chi connectivity index (χ2v) is 11.8. The lowest BCUT2D eigenvalue weighted by Crippen LogP contribution is -2.31. The summed E-state index contributed by atoms with van der Waals surface area (Å²) in [5.74, 6) is 0.838. The highest BCUT2D eigenvalue weighted by molar-refractivity contribution is 7.90. The molecule has 1 aliphatic rings. The van der Waals surface area contributed by atoms with Gasteiger partial charge in [-0.15, -0.1) is 0 Å². The SMILES string of the molecule is CC(C)OC(=O)N(C)CCc1ccc(OCCCCOC2CCN(c3ccc(S(C)(=O)=O)cc3)C2)cc1. The van der Waals surface area contributed by atoms with Gasteiger partial charge in [-0.25, -0.2) is 13.2 Å². The summed E-state index contributed by atoms with van der Waals surface area (Å²) in [7, 11) is -1.43. The molecule has 1 atom stereocenters. The maximum absolute atomic E-state index is 11.9. The van der Waals surface area contributed by atoms with Gasteiger partial charge in [0.15, 0.2) is 9.84 Å². The van der Waals surface area contributed by atoms with E-state index in [9.17, 15) is 13.2 Å². The molecule has 9 heteroatoms. The fraction of sp³-hybridized carbons (Fsp3) is 0.536. The number of amides is 1. The number of hydrogen-bond acceptors (Lipinski definition) is 7. The molecule has 2 aromatic carbocycles. The minimum absolute atomic E-state index is 0.119. The Morgan fingerprint density at radius 2 is 1.73 bits per heavy atom. The number of hydrogen-bond donors (Lipinski definition) is 0. The number of carbonyl (C=O) groups excluding carboxylic acids is 1. The molecular formula is C28H40N2O6S. The van der Waals surface area contributed by atoms with Crippen LogP contribution in [0.5, 0.6) is 5.75 Å². The highest BCUT2D eigenvalue weighted by Crippen LogP contribution is 2.23. The van der Waals surface area contributed by atoms with Crippen molar-refractivity contribution in [2.24, 2.45) is 0 Å². The predicted molar refractivity (Wildman–Crippen MR) is 145 cm³/mol. The Morgan fingerprint density at radius 3 is 2.38 bits per heavy atom. The number of carbonyl (C=O) groups is 1. The van der Waals surface area contributed by atoms with Gasteiger partial charge in [0.1, 0.15) is 5.75 Å². The van der Waals surface area contributed by atoms with E-state index >= 15 is 0 Å². The molecule has 1 saturated heterocycles. The van der Waals surface area contributed by atoms with Gasteiger partial charge >= 0.3 is 6.09 Å². The van der Waals surface area contributed by atoms with Crippen LogP contribution in [0.25, 0.3) is 0 Å². The third-order valence-electron chi connectivity index (χ3n) is 6.24. The van der Waals surface area contributed by atoms with E-state index in [1.807, 2.05) is 50.2 Å². The van der Waals surface area contributed by atoms with Gasteiger partial charge in [0.25, 0.3) is 0 Å². The Balaban J connectivity index is 1.27. The smallest absolute Gasteiger partial charge is 0.409 e. The Hall–Kier alpha value is -2.78. The van der Waals surface area contributed by atoms with Crippen LogP contribution in [0.4, 0.5) is 10.5 Å². The molecule has 1 unspecified atom stereocenters. The number of rotatable bonds is 13. The minimum atomic E-state index is -3.17. The fourth-order valence-corrected chi connectivity index (χ4v) is 4.71. The molecule has 0 bridgehead atoms. The van der Waals surface area contributed by atoms with Gasteiger partial charge in [0, 0.05) is 45.2 Å². The zero-order valence-electron chi connectivity index (χ0n) is 22.4. The summed E-state index contributed by atoms with van der Waals surface area (Å²) in [6, 6.07) is 15.0. The van der Waals surface area contributed by atoms with Crippen molar-refractivity contribution in [3.63, 3.8) is 0 Å². The van der Waals surface area contributed by atoms with Crippen LogP contribution >= 0.6 is 0 Å². The molecule has 8 nitrogen and oxygen atoms in total. The van der Waals surface area contributed by atoms with Crippen molar-refractivity contribution in [1.82, 2.24) is 4.90 Å². The van der Waals surface area contributed by atoms with Crippen LogP contribution in [0, 0.1) is 0 Å². The van der Waals surface area contributed by atoms with Crippen molar-refractivity contribution < 1.29 is 27.4 Å². The zero-order chi connectivity index (χ0) is 26.8. The maximum Gasteiger partial charge on any atom is 0.409 e. The summed E-state index contributed by atoms with van der Waals surface area (Å²) in [6.45, 7) is 7.33. The molecule has 2 aromatic rings. The van der Waals surface area contributed by atoms with E-state index in [1.165, 1.54) is 6.26 Å². The molecule has 0 aliphatic carbocycles. The van der Waals surface area contributed by atoms with Crippen molar-refractivity contribution in [2.45, 2.75) is 56.6 Å². The topological polar surface area (TPSA) is 85.4 Å². The van der Waals surface area contributed by atoms with E-state index in [0.717, 1.165) is 55.8 Å². The second-order valence-electron chi connectivity index (χ2n) is 9.80. The zero-order valence-corrected chi connectivity index (χ0v) is 23.2. The van der Waals surface area contributed by atoms with Gasteiger partial charge in [-0.1, -0.05) is 12.1 Å². The first kappa shape index (κ1) is 28.8. The van der Waals surface area contributed by atoms with E-state index in [0.29, 0.717) is 24.7 Å². The first-order chi connectivity index (χ1) is 17.6. The van der Waals surface area contributed by atoms with Gasteiger partial charge in [-0.2, -0.15) is 0 Å². The Labute approximate surface area is 221 Å². The second kappa shape index (κ2) is 13.7. The van der Waals surface area contributed by atoms with Crippen LogP contribution in [0.15, 0.2) is 53.4 Å². The molecule has 3 rings (SSSR count). The average molecular weight is 533 g/mol. The lowest BCUT2D eigenvalue weighted by atomic mass is 10.1. The molecule has 0 saturated carbocycles. The van der Waals surface area contributed by atoms with Gasteiger partial charge in [0.2, 0.25) is 0 Å². The lowest BCUT2D eigenvalue weighted by molar-refractivity contribution is 0.0636. The van der Waals surface area contributed by atoms with Crippen LogP contribution in [-0.4, -0.2) is 77.8 Å². The largest absolute Gasteiger partial charge is 0.494 e. The van der Waals surface area contributed by atoms with Crippen LogP contribution in [-0.2, 0) is 25.7 Å². The first-order valence-electron chi connectivity index (χ1n) is 12.9. The molecule has 0 spiro atoms. The summed E-state index contributed by atoms with van der Waals surface area (Å²) in [5.41, 5.74) is 2.17. The van der Waals surface area contributed by atoms with E-state index in [1.54, 1.807) is 24.1 Å². The van der Waals surface area contributed by atoms with E-state index in [2.05, 4.69) is 4.90 Å². The van der Waals surface area contributed by atoms with E-state index < -0.39 is 9.84 Å². The number of likely N-dealkylation sites (N-methyl/N-ethyl adjacent to an activating group) is 1. The van der Waals surface area contributed by atoms with Crippen molar-refractivity contribution in [1.29, 1.82) is 0 Å². The van der Waals surface area contributed by atoms with Gasteiger partial charge < -0.3 is 24.0 Å². The van der Waals surface area contributed by atoms with Crippen molar-refractivity contribution in [3.8, 4) is 5.75 Å². The standard InChI is InChI=1S/C28H40N2O6S/c1-22(2)36-28(31)29(3)17-15-23-7-11-25(12-8-23)34-19-5-6-20-35-26-16-18-30(21-26)24-9-13-27(14-10-24)37(4,32)33/h7-14,22,26H,5-6,15-21H2,1-4H3. The molecule has 37 heavy (non-hydrogen) atoms. The summed E-state index contributed by atoms with van der Waals surface area (Å²) in [5, 5.41) is 0. The molecule has 1 aliphatic heterocycles. The van der Waals surface area contributed by atoms with Crippen molar-refractivity contribution >= 4 is 21.6 Å². The molecule has 1 fully saturated rings. The van der Waals surface area contributed by atoms with E-state index in [4.69, 9.17) is 14.2 Å². The summed E-state index contributed by atoms with van der Waals surface area (Å²) >= 11 is 0. The highest BCUT2D eigenvalue weighted by Gasteiger charge is 2.23. The molecule has 0 radical (unpaired) electrons. The molecule has 1 heterocycles. The van der Waals surface area contributed by atoms with E-state index in [-0.39, 0.29) is 18.3 Å². The summed E-state index contributed by atoms with van der Waals surface area (Å²) in [4.78, 5) is 16.0. The van der Waals surface area contributed by atoms with Crippen LogP contribution < -0.4 is 9.64 Å². The number of ether oxygens (including phenoxy) is 3. The number of benzene rings is 2. The summed E-state index contributed by atoms with van der Waals surface area (Å²) in [6.07, 6.45) is 4.55. The molecule has 1 amide bonds. The Morgan fingerprint density at radius 1 is 1.05 bits per heavy atom. The highest BCUT2D eigenvalue weighted by atomic mass is 32.2. The predicted octanol–water partition coefficient (Wildman–Crippen LogP) is 4.56. The molecular weight excluding hydrogens is 492 g/mol.